The molecule has 5 heteroatoms. The maximum absolute atomic E-state index is 5.43. The Labute approximate surface area is 143 Å². The van der Waals surface area contributed by atoms with Gasteiger partial charge in [-0.1, -0.05) is 0 Å². The molecule has 0 bridgehead atoms. The third-order valence-corrected chi connectivity index (χ3v) is 3.90. The van der Waals surface area contributed by atoms with Crippen LogP contribution in [0.25, 0.3) is 0 Å². The minimum atomic E-state index is 0.600. The van der Waals surface area contributed by atoms with Gasteiger partial charge in [0.25, 0.3) is 0 Å². The molecule has 0 aliphatic heterocycles. The normalized spacial score (nSPS) is 10.2. The number of rotatable bonds is 8. The van der Waals surface area contributed by atoms with Gasteiger partial charge in [0.05, 0.1) is 35.5 Å². The summed E-state index contributed by atoms with van der Waals surface area (Å²) in [5.41, 5.74) is 2.18. The molecule has 0 aliphatic carbocycles. The minimum absolute atomic E-state index is 0.600. The van der Waals surface area contributed by atoms with Crippen LogP contribution < -0.4 is 23.7 Å². The quantitative estimate of drug-likeness (QED) is 0.740. The molecule has 0 heterocycles. The van der Waals surface area contributed by atoms with E-state index in [9.17, 15) is 0 Å². The zero-order valence-corrected chi connectivity index (χ0v) is 14.8. The summed E-state index contributed by atoms with van der Waals surface area (Å²) in [6, 6.07) is 9.74. The summed E-state index contributed by atoms with van der Waals surface area (Å²) in [5.74, 6) is 3.58. The lowest BCUT2D eigenvalue weighted by atomic mass is 10.0. The van der Waals surface area contributed by atoms with Crippen LogP contribution in [-0.2, 0) is 12.8 Å². The summed E-state index contributed by atoms with van der Waals surface area (Å²) in [6.07, 6.45) is 1.61. The van der Waals surface area contributed by atoms with Crippen molar-refractivity contribution in [1.29, 1.82) is 0 Å². The second-order valence-electron chi connectivity index (χ2n) is 5.21. The van der Waals surface area contributed by atoms with Crippen LogP contribution in [0.5, 0.6) is 28.7 Å². The van der Waals surface area contributed by atoms with Gasteiger partial charge in [-0.05, 0) is 54.3 Å². The van der Waals surface area contributed by atoms with Crippen LogP contribution in [0.4, 0.5) is 0 Å². The Hall–Kier alpha value is -2.56. The third-order valence-electron chi connectivity index (χ3n) is 3.90. The Morgan fingerprint density at radius 1 is 0.625 bits per heavy atom. The molecule has 0 aromatic heterocycles. The molecular weight excluding hydrogens is 308 g/mol. The predicted molar refractivity (Wildman–Crippen MR) is 93.1 cm³/mol. The average molecular weight is 332 g/mol. The monoisotopic (exact) mass is 332 g/mol. The minimum Gasteiger partial charge on any atom is -0.497 e. The van der Waals surface area contributed by atoms with Crippen molar-refractivity contribution >= 4 is 0 Å². The van der Waals surface area contributed by atoms with Gasteiger partial charge < -0.3 is 23.7 Å². The number of methoxy groups -OCH3 is 5. The van der Waals surface area contributed by atoms with Gasteiger partial charge >= 0.3 is 0 Å². The summed E-state index contributed by atoms with van der Waals surface area (Å²) in [5, 5.41) is 0. The Bertz CT molecular complexity index is 656. The maximum atomic E-state index is 5.43. The van der Waals surface area contributed by atoms with E-state index in [1.54, 1.807) is 35.5 Å². The van der Waals surface area contributed by atoms with E-state index < -0.39 is 0 Å². The highest BCUT2D eigenvalue weighted by Gasteiger charge is 2.14. The number of aryl methyl sites for hydroxylation is 2. The highest BCUT2D eigenvalue weighted by atomic mass is 16.5. The first-order valence-electron chi connectivity index (χ1n) is 7.66. The molecule has 130 valence electrons. The topological polar surface area (TPSA) is 46.2 Å². The standard InChI is InChI=1S/C19H24O5/c1-20-15-8-9-16(21-2)14(12-15)7-6-13-10-17(22-3)19(24-5)18(11-13)23-4/h8-12H,6-7H2,1-5H3. The van der Waals surface area contributed by atoms with Gasteiger partial charge in [-0.25, -0.2) is 0 Å². The predicted octanol–water partition coefficient (Wildman–Crippen LogP) is 3.51. The maximum Gasteiger partial charge on any atom is 0.203 e. The first kappa shape index (κ1) is 17.8. The van der Waals surface area contributed by atoms with Crippen LogP contribution >= 0.6 is 0 Å². The number of ether oxygens (including phenoxy) is 5. The van der Waals surface area contributed by atoms with E-state index in [0.29, 0.717) is 17.2 Å². The van der Waals surface area contributed by atoms with E-state index in [2.05, 4.69) is 0 Å². The van der Waals surface area contributed by atoms with E-state index in [1.165, 1.54) is 0 Å². The van der Waals surface area contributed by atoms with Crippen molar-refractivity contribution in [1.82, 2.24) is 0 Å². The first-order valence-corrected chi connectivity index (χ1v) is 7.66. The van der Waals surface area contributed by atoms with Crippen LogP contribution in [0, 0.1) is 0 Å². The fraction of sp³-hybridized carbons (Fsp3) is 0.368. The molecule has 2 aromatic rings. The molecule has 24 heavy (non-hydrogen) atoms. The summed E-state index contributed by atoms with van der Waals surface area (Å²) in [4.78, 5) is 0. The van der Waals surface area contributed by atoms with Crippen molar-refractivity contribution in [2.24, 2.45) is 0 Å². The molecule has 0 amide bonds. The molecule has 0 aliphatic rings. The van der Waals surface area contributed by atoms with Crippen LogP contribution in [0.3, 0.4) is 0 Å². The van der Waals surface area contributed by atoms with E-state index >= 15 is 0 Å². The highest BCUT2D eigenvalue weighted by Crippen LogP contribution is 2.38. The molecule has 0 N–H and O–H groups in total. The number of hydrogen-bond donors (Lipinski definition) is 0. The second-order valence-corrected chi connectivity index (χ2v) is 5.21. The van der Waals surface area contributed by atoms with E-state index in [-0.39, 0.29) is 0 Å². The van der Waals surface area contributed by atoms with Gasteiger partial charge in [0.2, 0.25) is 5.75 Å². The largest absolute Gasteiger partial charge is 0.497 e. The van der Waals surface area contributed by atoms with Crippen molar-refractivity contribution in [2.45, 2.75) is 12.8 Å². The van der Waals surface area contributed by atoms with Gasteiger partial charge in [-0.2, -0.15) is 0 Å². The lowest BCUT2D eigenvalue weighted by molar-refractivity contribution is 0.324. The molecule has 0 unspecified atom stereocenters. The van der Waals surface area contributed by atoms with Crippen molar-refractivity contribution in [3.8, 4) is 28.7 Å². The molecule has 0 atom stereocenters. The van der Waals surface area contributed by atoms with Crippen LogP contribution in [0.1, 0.15) is 11.1 Å². The summed E-state index contributed by atoms with van der Waals surface area (Å²) >= 11 is 0. The Morgan fingerprint density at radius 2 is 1.25 bits per heavy atom. The van der Waals surface area contributed by atoms with Crippen molar-refractivity contribution < 1.29 is 23.7 Å². The van der Waals surface area contributed by atoms with Gasteiger partial charge in [0.15, 0.2) is 11.5 Å². The molecule has 0 spiro atoms. The Kier molecular flexibility index (Phi) is 6.18. The van der Waals surface area contributed by atoms with Gasteiger partial charge in [-0.15, -0.1) is 0 Å². The molecule has 0 saturated heterocycles. The fourth-order valence-electron chi connectivity index (χ4n) is 2.64. The van der Waals surface area contributed by atoms with Gasteiger partial charge in [0.1, 0.15) is 11.5 Å². The van der Waals surface area contributed by atoms with Gasteiger partial charge in [-0.3, -0.25) is 0 Å². The first-order chi connectivity index (χ1) is 11.7. The smallest absolute Gasteiger partial charge is 0.203 e. The number of hydrogen-bond acceptors (Lipinski definition) is 5. The molecular formula is C19H24O5. The van der Waals surface area contributed by atoms with E-state index in [0.717, 1.165) is 35.5 Å². The highest BCUT2D eigenvalue weighted by molar-refractivity contribution is 5.54. The lowest BCUT2D eigenvalue weighted by Crippen LogP contribution is -2.00. The van der Waals surface area contributed by atoms with Crippen LogP contribution in [0.2, 0.25) is 0 Å². The average Bonchev–Trinajstić information content (AvgIpc) is 2.64. The second kappa shape index (κ2) is 8.34. The fourth-order valence-corrected chi connectivity index (χ4v) is 2.64. The molecule has 2 rings (SSSR count). The zero-order valence-electron chi connectivity index (χ0n) is 14.8. The third kappa shape index (κ3) is 3.85. The van der Waals surface area contributed by atoms with Crippen molar-refractivity contribution in [2.75, 3.05) is 35.5 Å². The Morgan fingerprint density at radius 3 is 1.75 bits per heavy atom. The molecule has 0 saturated carbocycles. The molecule has 0 radical (unpaired) electrons. The number of benzene rings is 2. The van der Waals surface area contributed by atoms with E-state index in [1.807, 2.05) is 30.3 Å². The SMILES string of the molecule is COc1ccc(OC)c(CCc2cc(OC)c(OC)c(OC)c2)c1. The van der Waals surface area contributed by atoms with Crippen molar-refractivity contribution in [3.63, 3.8) is 0 Å². The summed E-state index contributed by atoms with van der Waals surface area (Å²) < 4.78 is 26.9. The Balaban J connectivity index is 2.26. The molecule has 0 fully saturated rings. The molecule has 5 nitrogen and oxygen atoms in total. The van der Waals surface area contributed by atoms with Gasteiger partial charge in [0, 0.05) is 0 Å². The van der Waals surface area contributed by atoms with Crippen molar-refractivity contribution in [3.05, 3.63) is 41.5 Å². The van der Waals surface area contributed by atoms with Crippen LogP contribution in [-0.4, -0.2) is 35.5 Å². The van der Waals surface area contributed by atoms with Crippen LogP contribution in [0.15, 0.2) is 30.3 Å². The molecule has 2 aromatic carbocycles. The summed E-state index contributed by atoms with van der Waals surface area (Å²) in [7, 11) is 8.16. The lowest BCUT2D eigenvalue weighted by Gasteiger charge is -2.15. The van der Waals surface area contributed by atoms with E-state index in [4.69, 9.17) is 23.7 Å². The zero-order chi connectivity index (χ0) is 17.5. The summed E-state index contributed by atoms with van der Waals surface area (Å²) in [6.45, 7) is 0.